The third-order valence-electron chi connectivity index (χ3n) is 3.98. The maximum atomic E-state index is 12.2. The fraction of sp³-hybridized carbons (Fsp3) is 0.158. The number of aryl methyl sites for hydroxylation is 1. The van der Waals surface area contributed by atoms with Crippen LogP contribution >= 0.6 is 23.1 Å². The van der Waals surface area contributed by atoms with E-state index in [2.05, 4.69) is 27.5 Å². The van der Waals surface area contributed by atoms with E-state index in [1.807, 2.05) is 53.9 Å². The summed E-state index contributed by atoms with van der Waals surface area (Å²) in [5.74, 6) is 0.932. The molecular weight excluding hydrogens is 378 g/mol. The molecule has 1 amide bonds. The molecule has 3 aromatic heterocycles. The van der Waals surface area contributed by atoms with Gasteiger partial charge in [-0.2, -0.15) is 9.61 Å². The molecule has 0 aliphatic rings. The van der Waals surface area contributed by atoms with Gasteiger partial charge in [0, 0.05) is 5.69 Å². The molecular formula is C19H17N5OS2. The molecule has 1 aromatic carbocycles. The van der Waals surface area contributed by atoms with Gasteiger partial charge in [-0.25, -0.2) is 0 Å². The molecule has 27 heavy (non-hydrogen) atoms. The molecule has 3 heterocycles. The summed E-state index contributed by atoms with van der Waals surface area (Å²) in [7, 11) is 0. The molecule has 0 unspecified atom stereocenters. The first kappa shape index (κ1) is 17.7. The van der Waals surface area contributed by atoms with Gasteiger partial charge < -0.3 is 5.32 Å². The van der Waals surface area contributed by atoms with Crippen molar-refractivity contribution >= 4 is 40.3 Å². The quantitative estimate of drug-likeness (QED) is 0.497. The van der Waals surface area contributed by atoms with E-state index < -0.39 is 0 Å². The van der Waals surface area contributed by atoms with Crippen LogP contribution in [0.5, 0.6) is 0 Å². The van der Waals surface area contributed by atoms with Crippen LogP contribution in [0.1, 0.15) is 12.5 Å². The van der Waals surface area contributed by atoms with Crippen LogP contribution in [0.2, 0.25) is 0 Å². The van der Waals surface area contributed by atoms with Crippen LogP contribution in [0.4, 0.5) is 5.69 Å². The number of amides is 1. The number of nitrogens with one attached hydrogen (secondary N) is 1. The Balaban J connectivity index is 1.43. The number of carbonyl (C=O) groups excluding carboxylic acids is 1. The van der Waals surface area contributed by atoms with Crippen LogP contribution < -0.4 is 5.32 Å². The summed E-state index contributed by atoms with van der Waals surface area (Å²) >= 11 is 2.97. The Hall–Kier alpha value is -2.71. The Morgan fingerprint density at radius 2 is 2.00 bits per heavy atom. The number of thiophene rings is 1. The summed E-state index contributed by atoms with van der Waals surface area (Å²) in [4.78, 5) is 13.2. The molecule has 4 aromatic rings. The van der Waals surface area contributed by atoms with Gasteiger partial charge in [0.15, 0.2) is 11.5 Å². The Morgan fingerprint density at radius 3 is 2.74 bits per heavy atom. The van der Waals surface area contributed by atoms with Gasteiger partial charge in [-0.3, -0.25) is 4.79 Å². The molecule has 0 bridgehead atoms. The number of hydrogen-bond donors (Lipinski definition) is 1. The van der Waals surface area contributed by atoms with Crippen molar-refractivity contribution in [2.45, 2.75) is 18.4 Å². The maximum Gasteiger partial charge on any atom is 0.234 e. The standard InChI is InChI=1S/C19H17N5OS2/c1-2-13-5-7-14(8-6-13)20-17(25)12-27-18-10-9-16-21-22-19(24(16)23-18)15-4-3-11-26-15/h3-11H,2,12H2,1H3,(H,20,25). The van der Waals surface area contributed by atoms with Crippen molar-refractivity contribution in [1.29, 1.82) is 0 Å². The van der Waals surface area contributed by atoms with Crippen molar-refractivity contribution in [1.82, 2.24) is 19.8 Å². The third kappa shape index (κ3) is 4.01. The summed E-state index contributed by atoms with van der Waals surface area (Å²) in [6.07, 6.45) is 0.981. The van der Waals surface area contributed by atoms with Gasteiger partial charge in [0.2, 0.25) is 5.91 Å². The first-order valence-electron chi connectivity index (χ1n) is 8.51. The average molecular weight is 396 g/mol. The number of fused-ring (bicyclic) bond motifs is 1. The molecule has 0 fully saturated rings. The van der Waals surface area contributed by atoms with E-state index in [0.29, 0.717) is 11.5 Å². The second-order valence-electron chi connectivity index (χ2n) is 5.83. The van der Waals surface area contributed by atoms with Gasteiger partial charge in [-0.1, -0.05) is 36.9 Å². The minimum Gasteiger partial charge on any atom is -0.325 e. The molecule has 8 heteroatoms. The van der Waals surface area contributed by atoms with Crippen LogP contribution in [0.15, 0.2) is 58.9 Å². The zero-order valence-electron chi connectivity index (χ0n) is 14.6. The lowest BCUT2D eigenvalue weighted by Gasteiger charge is -2.06. The van der Waals surface area contributed by atoms with Crippen molar-refractivity contribution in [3.05, 3.63) is 59.5 Å². The predicted molar refractivity (Wildman–Crippen MR) is 109 cm³/mol. The lowest BCUT2D eigenvalue weighted by molar-refractivity contribution is -0.113. The number of rotatable bonds is 6. The second kappa shape index (κ2) is 7.89. The molecule has 0 saturated heterocycles. The fourth-order valence-electron chi connectivity index (χ4n) is 2.57. The van der Waals surface area contributed by atoms with Gasteiger partial charge >= 0.3 is 0 Å². The SMILES string of the molecule is CCc1ccc(NC(=O)CSc2ccc3nnc(-c4cccs4)n3n2)cc1. The monoisotopic (exact) mass is 395 g/mol. The molecule has 0 aliphatic carbocycles. The fourth-order valence-corrected chi connectivity index (χ4v) is 3.92. The lowest BCUT2D eigenvalue weighted by atomic mass is 10.1. The van der Waals surface area contributed by atoms with Gasteiger partial charge in [0.05, 0.1) is 10.6 Å². The molecule has 0 aliphatic heterocycles. The van der Waals surface area contributed by atoms with Crippen LogP contribution in [-0.4, -0.2) is 31.5 Å². The summed E-state index contributed by atoms with van der Waals surface area (Å²) < 4.78 is 1.72. The second-order valence-corrected chi connectivity index (χ2v) is 7.77. The Kier molecular flexibility index (Phi) is 5.17. The van der Waals surface area contributed by atoms with Crippen LogP contribution in [-0.2, 0) is 11.2 Å². The highest BCUT2D eigenvalue weighted by Crippen LogP contribution is 2.24. The third-order valence-corrected chi connectivity index (χ3v) is 5.76. The van der Waals surface area contributed by atoms with E-state index in [1.54, 1.807) is 15.9 Å². The molecule has 136 valence electrons. The highest BCUT2D eigenvalue weighted by Gasteiger charge is 2.12. The summed E-state index contributed by atoms with van der Waals surface area (Å²) in [6.45, 7) is 2.10. The highest BCUT2D eigenvalue weighted by atomic mass is 32.2. The number of benzene rings is 1. The van der Waals surface area contributed by atoms with Crippen molar-refractivity contribution in [3.63, 3.8) is 0 Å². The molecule has 0 atom stereocenters. The zero-order valence-corrected chi connectivity index (χ0v) is 16.3. The lowest BCUT2D eigenvalue weighted by Crippen LogP contribution is -2.14. The van der Waals surface area contributed by atoms with Crippen molar-refractivity contribution < 1.29 is 4.79 Å². The normalized spacial score (nSPS) is 11.0. The number of thioether (sulfide) groups is 1. The van der Waals surface area contributed by atoms with E-state index in [4.69, 9.17) is 0 Å². The molecule has 0 radical (unpaired) electrons. The molecule has 6 nitrogen and oxygen atoms in total. The minimum atomic E-state index is -0.0617. The van der Waals surface area contributed by atoms with Crippen molar-refractivity contribution in [2.24, 2.45) is 0 Å². The first-order chi connectivity index (χ1) is 13.2. The smallest absolute Gasteiger partial charge is 0.234 e. The molecule has 0 spiro atoms. The first-order valence-corrected chi connectivity index (χ1v) is 10.4. The molecule has 0 saturated carbocycles. The Labute approximate surface area is 164 Å². The molecule has 4 rings (SSSR count). The maximum absolute atomic E-state index is 12.2. The van der Waals surface area contributed by atoms with Gasteiger partial charge in [0.1, 0.15) is 5.03 Å². The highest BCUT2D eigenvalue weighted by molar-refractivity contribution is 7.99. The van der Waals surface area contributed by atoms with Gasteiger partial charge in [-0.05, 0) is 47.7 Å². The van der Waals surface area contributed by atoms with Gasteiger partial charge in [-0.15, -0.1) is 21.5 Å². The van der Waals surface area contributed by atoms with Crippen LogP contribution in [0, 0.1) is 0 Å². The van der Waals surface area contributed by atoms with E-state index in [-0.39, 0.29) is 11.7 Å². The predicted octanol–water partition coefficient (Wildman–Crippen LogP) is 4.15. The van der Waals surface area contributed by atoms with E-state index in [0.717, 1.165) is 22.0 Å². The van der Waals surface area contributed by atoms with Gasteiger partial charge in [0.25, 0.3) is 0 Å². The minimum absolute atomic E-state index is 0.0617. The number of carbonyl (C=O) groups is 1. The molecule has 1 N–H and O–H groups in total. The summed E-state index contributed by atoms with van der Waals surface area (Å²) in [6, 6.07) is 15.6. The van der Waals surface area contributed by atoms with E-state index >= 15 is 0 Å². The van der Waals surface area contributed by atoms with Crippen LogP contribution in [0.3, 0.4) is 0 Å². The topological polar surface area (TPSA) is 72.2 Å². The Bertz CT molecular complexity index is 1060. The number of hydrogen-bond acceptors (Lipinski definition) is 6. The van der Waals surface area contributed by atoms with Crippen molar-refractivity contribution in [2.75, 3.05) is 11.1 Å². The number of nitrogens with zero attached hydrogens (tertiary/aromatic N) is 4. The number of aromatic nitrogens is 4. The Morgan fingerprint density at radius 1 is 1.15 bits per heavy atom. The van der Waals surface area contributed by atoms with Crippen LogP contribution in [0.25, 0.3) is 16.3 Å². The zero-order chi connectivity index (χ0) is 18.6. The summed E-state index contributed by atoms with van der Waals surface area (Å²) in [5, 5.41) is 18.6. The summed E-state index contributed by atoms with van der Waals surface area (Å²) in [5.41, 5.74) is 2.73. The largest absolute Gasteiger partial charge is 0.325 e. The van der Waals surface area contributed by atoms with E-state index in [9.17, 15) is 4.79 Å². The van der Waals surface area contributed by atoms with Crippen molar-refractivity contribution in [3.8, 4) is 10.7 Å². The number of anilines is 1. The van der Waals surface area contributed by atoms with E-state index in [1.165, 1.54) is 17.3 Å². The average Bonchev–Trinajstić information content (AvgIpc) is 3.36.